The number of nitrogens with zero attached hydrogens (tertiary/aromatic N) is 1. The van der Waals surface area contributed by atoms with Gasteiger partial charge in [0.05, 0.1) is 20.4 Å². The number of halogens is 5. The van der Waals surface area contributed by atoms with Crippen LogP contribution in [0.1, 0.15) is 28.5 Å². The van der Waals surface area contributed by atoms with Gasteiger partial charge in [-0.25, -0.2) is 0 Å². The average molecular weight is 454 g/mol. The van der Waals surface area contributed by atoms with E-state index in [1.165, 1.54) is 12.1 Å². The molecule has 1 saturated heterocycles. The van der Waals surface area contributed by atoms with Crippen LogP contribution in [0.25, 0.3) is 0 Å². The van der Waals surface area contributed by atoms with Crippen LogP contribution in [0, 0.1) is 0 Å². The normalized spacial score (nSPS) is 18.1. The highest BCUT2D eigenvalue weighted by Gasteiger charge is 2.35. The van der Waals surface area contributed by atoms with Crippen molar-refractivity contribution in [1.29, 1.82) is 0 Å². The first kappa shape index (κ1) is 19.2. The largest absolute Gasteiger partial charge is 0.417 e. The Balaban J connectivity index is 2.05. The summed E-state index contributed by atoms with van der Waals surface area (Å²) >= 11 is 10.8. The van der Waals surface area contributed by atoms with Crippen LogP contribution < -0.4 is 5.32 Å². The van der Waals surface area contributed by atoms with Crippen LogP contribution in [0.2, 0.25) is 5.02 Å². The van der Waals surface area contributed by atoms with Crippen molar-refractivity contribution in [2.24, 2.45) is 0 Å². The Morgan fingerprint density at radius 1 is 1.16 bits per heavy atom. The van der Waals surface area contributed by atoms with E-state index in [1.807, 2.05) is 12.1 Å². The first-order valence-electron chi connectivity index (χ1n) is 7.93. The minimum Gasteiger partial charge on any atom is -0.315 e. The summed E-state index contributed by atoms with van der Waals surface area (Å²) < 4.78 is 40.8. The third kappa shape index (κ3) is 4.57. The Hall–Kier alpha value is -0.600. The maximum atomic E-state index is 13.3. The fourth-order valence-corrected chi connectivity index (χ4v) is 4.90. The van der Waals surface area contributed by atoms with Crippen LogP contribution in [0.5, 0.6) is 0 Å². The number of alkyl halides is 3. The molecule has 0 spiro atoms. The van der Waals surface area contributed by atoms with Gasteiger partial charge in [0.2, 0.25) is 0 Å². The van der Waals surface area contributed by atoms with Crippen LogP contribution in [0.15, 0.2) is 34.1 Å². The second kappa shape index (κ2) is 7.96. The highest BCUT2D eigenvalue weighted by atomic mass is 79.9. The van der Waals surface area contributed by atoms with Crippen molar-refractivity contribution in [3.63, 3.8) is 0 Å². The van der Waals surface area contributed by atoms with Gasteiger partial charge in [-0.3, -0.25) is 4.90 Å². The van der Waals surface area contributed by atoms with Crippen molar-refractivity contribution in [3.8, 4) is 0 Å². The summed E-state index contributed by atoms with van der Waals surface area (Å²) in [5.41, 5.74) is -0.159. The van der Waals surface area contributed by atoms with Gasteiger partial charge in [-0.2, -0.15) is 13.2 Å². The first-order valence-corrected chi connectivity index (χ1v) is 9.91. The Bertz CT molecular complexity index is 727. The molecular formula is C17H17BrClF3N2S. The van der Waals surface area contributed by atoms with E-state index in [9.17, 15) is 13.2 Å². The molecule has 0 radical (unpaired) electrons. The topological polar surface area (TPSA) is 15.3 Å². The SMILES string of the molecule is FC(F)(F)c1cc(C(c2ccc(Br)s2)N2CCCNCC2)ccc1Cl. The molecule has 2 aromatic rings. The van der Waals surface area contributed by atoms with Crippen molar-refractivity contribution in [2.45, 2.75) is 18.6 Å². The van der Waals surface area contributed by atoms with E-state index in [-0.39, 0.29) is 11.1 Å². The number of hydrogen-bond donors (Lipinski definition) is 1. The van der Waals surface area contributed by atoms with Crippen molar-refractivity contribution in [3.05, 3.63) is 55.1 Å². The molecule has 8 heteroatoms. The van der Waals surface area contributed by atoms with Gasteiger partial charge in [-0.1, -0.05) is 17.7 Å². The lowest BCUT2D eigenvalue weighted by atomic mass is 10.0. The number of thiophene rings is 1. The maximum absolute atomic E-state index is 13.3. The first-order chi connectivity index (χ1) is 11.9. The fourth-order valence-electron chi connectivity index (χ4n) is 3.09. The molecule has 1 aromatic heterocycles. The minimum absolute atomic E-state index is 0.213. The number of rotatable bonds is 3. The van der Waals surface area contributed by atoms with Gasteiger partial charge in [0.25, 0.3) is 0 Å². The Morgan fingerprint density at radius 2 is 1.96 bits per heavy atom. The van der Waals surface area contributed by atoms with E-state index in [4.69, 9.17) is 11.6 Å². The van der Waals surface area contributed by atoms with Gasteiger partial charge in [-0.05, 0) is 58.7 Å². The molecule has 25 heavy (non-hydrogen) atoms. The highest BCUT2D eigenvalue weighted by Crippen LogP contribution is 2.40. The summed E-state index contributed by atoms with van der Waals surface area (Å²) in [5.74, 6) is 0. The number of hydrogen-bond acceptors (Lipinski definition) is 3. The lowest BCUT2D eigenvalue weighted by Crippen LogP contribution is -2.32. The standard InChI is InChI=1S/C17H17BrClF3N2S/c18-15-5-4-14(25-15)16(24-8-1-6-23-7-9-24)11-2-3-13(19)12(10-11)17(20,21)22/h2-5,10,16,23H,1,6-9H2. The van der Waals surface area contributed by atoms with Crippen molar-refractivity contribution in [1.82, 2.24) is 10.2 Å². The predicted molar refractivity (Wildman–Crippen MR) is 99.4 cm³/mol. The van der Waals surface area contributed by atoms with Crippen LogP contribution in [0.3, 0.4) is 0 Å². The van der Waals surface area contributed by atoms with Gasteiger partial charge in [0, 0.05) is 24.5 Å². The summed E-state index contributed by atoms with van der Waals surface area (Å²) in [7, 11) is 0. The molecule has 1 aliphatic rings. The molecule has 1 fully saturated rings. The molecule has 1 atom stereocenters. The number of benzene rings is 1. The van der Waals surface area contributed by atoms with Crippen LogP contribution in [-0.2, 0) is 6.18 Å². The second-order valence-electron chi connectivity index (χ2n) is 5.92. The zero-order valence-electron chi connectivity index (χ0n) is 13.2. The van der Waals surface area contributed by atoms with Crippen molar-refractivity contribution >= 4 is 38.9 Å². The quantitative estimate of drug-likeness (QED) is 0.654. The van der Waals surface area contributed by atoms with E-state index in [2.05, 4.69) is 26.1 Å². The van der Waals surface area contributed by atoms with E-state index in [0.29, 0.717) is 5.56 Å². The molecule has 2 heterocycles. The summed E-state index contributed by atoms with van der Waals surface area (Å²) in [6.07, 6.45) is -3.50. The average Bonchev–Trinajstić information content (AvgIpc) is 2.80. The Morgan fingerprint density at radius 3 is 2.64 bits per heavy atom. The molecule has 2 nitrogen and oxygen atoms in total. The zero-order valence-corrected chi connectivity index (χ0v) is 16.4. The predicted octanol–water partition coefficient (Wildman–Crippen LogP) is 5.57. The Kier molecular flexibility index (Phi) is 6.11. The monoisotopic (exact) mass is 452 g/mol. The third-order valence-electron chi connectivity index (χ3n) is 4.21. The van der Waals surface area contributed by atoms with E-state index < -0.39 is 11.7 Å². The molecule has 0 amide bonds. The molecular weight excluding hydrogens is 437 g/mol. The van der Waals surface area contributed by atoms with Gasteiger partial charge in [0.15, 0.2) is 0 Å². The number of nitrogens with one attached hydrogen (secondary N) is 1. The lowest BCUT2D eigenvalue weighted by Gasteiger charge is -2.30. The zero-order chi connectivity index (χ0) is 18.0. The van der Waals surface area contributed by atoms with Gasteiger partial charge < -0.3 is 5.32 Å². The van der Waals surface area contributed by atoms with E-state index in [0.717, 1.165) is 41.3 Å². The molecule has 0 bridgehead atoms. The highest BCUT2D eigenvalue weighted by molar-refractivity contribution is 9.11. The van der Waals surface area contributed by atoms with Gasteiger partial charge in [0.1, 0.15) is 0 Å². The van der Waals surface area contributed by atoms with E-state index in [1.54, 1.807) is 17.4 Å². The van der Waals surface area contributed by atoms with Gasteiger partial charge in [-0.15, -0.1) is 11.3 Å². The van der Waals surface area contributed by atoms with Crippen LogP contribution in [-0.4, -0.2) is 31.1 Å². The third-order valence-corrected chi connectivity index (χ3v) is 6.22. The summed E-state index contributed by atoms with van der Waals surface area (Å²) in [6.45, 7) is 3.36. The molecule has 3 rings (SSSR count). The maximum Gasteiger partial charge on any atom is 0.417 e. The second-order valence-corrected chi connectivity index (χ2v) is 8.82. The Labute approximate surface area is 162 Å². The summed E-state index contributed by atoms with van der Waals surface area (Å²) in [6, 6.07) is 7.94. The van der Waals surface area contributed by atoms with Crippen LogP contribution in [0.4, 0.5) is 13.2 Å². The minimum atomic E-state index is -4.46. The molecule has 1 N–H and O–H groups in total. The van der Waals surface area contributed by atoms with Crippen molar-refractivity contribution < 1.29 is 13.2 Å². The molecule has 1 aromatic carbocycles. The molecule has 136 valence electrons. The molecule has 1 unspecified atom stereocenters. The van der Waals surface area contributed by atoms with E-state index >= 15 is 0 Å². The smallest absolute Gasteiger partial charge is 0.315 e. The van der Waals surface area contributed by atoms with Crippen molar-refractivity contribution in [2.75, 3.05) is 26.2 Å². The fraction of sp³-hybridized carbons (Fsp3) is 0.412. The lowest BCUT2D eigenvalue weighted by molar-refractivity contribution is -0.137. The molecule has 1 aliphatic heterocycles. The molecule has 0 aliphatic carbocycles. The summed E-state index contributed by atoms with van der Waals surface area (Å²) in [4.78, 5) is 3.26. The molecule has 0 saturated carbocycles. The van der Waals surface area contributed by atoms with Crippen LogP contribution >= 0.6 is 38.9 Å². The summed E-state index contributed by atoms with van der Waals surface area (Å²) in [5, 5.41) is 3.07. The van der Waals surface area contributed by atoms with Gasteiger partial charge >= 0.3 is 6.18 Å².